The van der Waals surface area contributed by atoms with Crippen molar-refractivity contribution >= 4 is 23.6 Å². The summed E-state index contributed by atoms with van der Waals surface area (Å²) >= 11 is 1.53. The predicted octanol–water partition coefficient (Wildman–Crippen LogP) is 0.708. The van der Waals surface area contributed by atoms with Crippen LogP contribution in [-0.2, 0) is 6.42 Å². The van der Waals surface area contributed by atoms with E-state index in [0.717, 1.165) is 16.3 Å². The Balaban J connectivity index is 2.53. The number of thiazole rings is 1. The van der Waals surface area contributed by atoms with Crippen LogP contribution < -0.4 is 11.2 Å². The fourth-order valence-electron chi connectivity index (χ4n) is 0.707. The Morgan fingerprint density at radius 2 is 2.69 bits per heavy atom. The predicted molar refractivity (Wildman–Crippen MR) is 51.8 cm³/mol. The molecule has 0 spiro atoms. The Morgan fingerprint density at radius 1 is 1.92 bits per heavy atom. The van der Waals surface area contributed by atoms with Crippen molar-refractivity contribution in [3.63, 3.8) is 0 Å². The number of hydrogen-bond donors (Lipinski definition) is 2. The van der Waals surface area contributed by atoms with Crippen molar-refractivity contribution in [3.8, 4) is 0 Å². The molecule has 1 heterocycles. The zero-order valence-electron chi connectivity index (χ0n) is 7.15. The lowest BCUT2D eigenvalue weighted by Crippen LogP contribution is -2.24. The number of hydrazone groups is 1. The number of aromatic nitrogens is 1. The fraction of sp³-hybridized carbons (Fsp3) is 0.286. The van der Waals surface area contributed by atoms with E-state index in [2.05, 4.69) is 15.5 Å². The van der Waals surface area contributed by atoms with Crippen LogP contribution in [0.1, 0.15) is 16.8 Å². The lowest BCUT2D eigenvalue weighted by atomic mass is 10.5. The van der Waals surface area contributed by atoms with Crippen LogP contribution in [0.15, 0.2) is 11.3 Å². The van der Waals surface area contributed by atoms with E-state index in [1.165, 1.54) is 17.6 Å². The third kappa shape index (κ3) is 3.20. The summed E-state index contributed by atoms with van der Waals surface area (Å²) in [6.07, 6.45) is 4.12. The van der Waals surface area contributed by atoms with Crippen LogP contribution in [0.4, 0.5) is 4.79 Å². The van der Waals surface area contributed by atoms with Crippen LogP contribution in [0.5, 0.6) is 0 Å². The number of primary amides is 1. The van der Waals surface area contributed by atoms with Gasteiger partial charge < -0.3 is 5.73 Å². The molecule has 1 rings (SSSR count). The van der Waals surface area contributed by atoms with E-state index in [-0.39, 0.29) is 0 Å². The Hall–Kier alpha value is -1.43. The molecule has 0 aliphatic rings. The minimum Gasteiger partial charge on any atom is -0.350 e. The Morgan fingerprint density at radius 3 is 3.23 bits per heavy atom. The number of hydrogen-bond acceptors (Lipinski definition) is 4. The van der Waals surface area contributed by atoms with Gasteiger partial charge >= 0.3 is 6.03 Å². The third-order valence-electron chi connectivity index (χ3n) is 1.24. The van der Waals surface area contributed by atoms with Gasteiger partial charge in [0.05, 0.1) is 16.1 Å². The molecule has 2 amide bonds. The molecular formula is C7H10N4OS. The van der Waals surface area contributed by atoms with Gasteiger partial charge in [0.15, 0.2) is 0 Å². The largest absolute Gasteiger partial charge is 0.350 e. The molecular weight excluding hydrogens is 188 g/mol. The first-order chi connectivity index (χ1) is 6.22. The van der Waals surface area contributed by atoms with Crippen molar-refractivity contribution in [1.29, 1.82) is 0 Å². The molecule has 0 saturated heterocycles. The van der Waals surface area contributed by atoms with Crippen molar-refractivity contribution in [3.05, 3.63) is 16.1 Å². The van der Waals surface area contributed by atoms with Crippen molar-refractivity contribution in [2.45, 2.75) is 13.3 Å². The van der Waals surface area contributed by atoms with Crippen molar-refractivity contribution in [1.82, 2.24) is 10.4 Å². The number of nitrogens with zero attached hydrogens (tertiary/aromatic N) is 2. The number of carbonyl (C=O) groups excluding carboxylic acids is 1. The van der Waals surface area contributed by atoms with Crippen LogP contribution in [0.3, 0.4) is 0 Å². The first kappa shape index (κ1) is 9.66. The summed E-state index contributed by atoms with van der Waals surface area (Å²) in [7, 11) is 0. The number of amides is 2. The van der Waals surface area contributed by atoms with E-state index < -0.39 is 6.03 Å². The topological polar surface area (TPSA) is 80.4 Å². The average Bonchev–Trinajstić information content (AvgIpc) is 2.52. The first-order valence-electron chi connectivity index (χ1n) is 3.75. The summed E-state index contributed by atoms with van der Waals surface area (Å²) < 4.78 is 0. The van der Waals surface area contributed by atoms with Gasteiger partial charge in [-0.05, 0) is 6.42 Å². The van der Waals surface area contributed by atoms with E-state index in [0.29, 0.717) is 0 Å². The van der Waals surface area contributed by atoms with Crippen LogP contribution in [0.25, 0.3) is 0 Å². The van der Waals surface area contributed by atoms with Gasteiger partial charge in [0.25, 0.3) is 0 Å². The SMILES string of the molecule is CCc1ncc(/C=N/NC(N)=O)s1. The molecule has 0 aliphatic heterocycles. The van der Waals surface area contributed by atoms with Gasteiger partial charge in [-0.3, -0.25) is 0 Å². The molecule has 0 aromatic carbocycles. The molecule has 1 aromatic rings. The van der Waals surface area contributed by atoms with Gasteiger partial charge in [0.2, 0.25) is 0 Å². The number of nitrogens with two attached hydrogens (primary N) is 1. The molecule has 6 heteroatoms. The fourth-order valence-corrected chi connectivity index (χ4v) is 1.44. The second kappa shape index (κ2) is 4.56. The summed E-state index contributed by atoms with van der Waals surface area (Å²) in [5.74, 6) is 0. The smallest absolute Gasteiger partial charge is 0.332 e. The number of rotatable bonds is 3. The lowest BCUT2D eigenvalue weighted by Gasteiger charge is -1.87. The number of urea groups is 1. The first-order valence-corrected chi connectivity index (χ1v) is 4.57. The summed E-state index contributed by atoms with van der Waals surface area (Å²) in [5, 5.41) is 4.65. The molecule has 0 saturated carbocycles. The number of nitrogens with one attached hydrogen (secondary N) is 1. The second-order valence-corrected chi connectivity index (χ2v) is 3.39. The quantitative estimate of drug-likeness (QED) is 0.554. The normalized spacial score (nSPS) is 10.5. The molecule has 1 aromatic heterocycles. The molecule has 0 bridgehead atoms. The molecule has 3 N–H and O–H groups in total. The molecule has 0 fully saturated rings. The minimum absolute atomic E-state index is 0.670. The zero-order chi connectivity index (χ0) is 9.68. The molecule has 13 heavy (non-hydrogen) atoms. The maximum Gasteiger partial charge on any atom is 0.332 e. The maximum absolute atomic E-state index is 10.2. The van der Waals surface area contributed by atoms with Gasteiger partial charge in [-0.15, -0.1) is 11.3 Å². The number of aryl methyl sites for hydroxylation is 1. The van der Waals surface area contributed by atoms with Gasteiger partial charge in [-0.25, -0.2) is 15.2 Å². The van der Waals surface area contributed by atoms with Crippen LogP contribution in [0.2, 0.25) is 0 Å². The highest BCUT2D eigenvalue weighted by Crippen LogP contribution is 2.10. The van der Waals surface area contributed by atoms with Crippen LogP contribution >= 0.6 is 11.3 Å². The number of carbonyl (C=O) groups is 1. The van der Waals surface area contributed by atoms with Gasteiger partial charge in [0.1, 0.15) is 0 Å². The van der Waals surface area contributed by atoms with E-state index in [1.54, 1.807) is 6.20 Å². The zero-order valence-corrected chi connectivity index (χ0v) is 7.97. The summed E-state index contributed by atoms with van der Waals surface area (Å²) in [6, 6.07) is -0.670. The standard InChI is InChI=1S/C7H10N4OS/c1-2-6-9-3-5(13-6)4-10-11-7(8)12/h3-4H,2H2,1H3,(H3,8,11,12)/b10-4+. The summed E-state index contributed by atoms with van der Waals surface area (Å²) in [6.45, 7) is 2.03. The van der Waals surface area contributed by atoms with Crippen molar-refractivity contribution in [2.75, 3.05) is 0 Å². The highest BCUT2D eigenvalue weighted by Gasteiger charge is 1.96. The van der Waals surface area contributed by atoms with E-state index in [1.807, 2.05) is 6.92 Å². The van der Waals surface area contributed by atoms with Crippen LogP contribution in [-0.4, -0.2) is 17.2 Å². The molecule has 5 nitrogen and oxygen atoms in total. The Bertz CT molecular complexity index is 320. The second-order valence-electron chi connectivity index (χ2n) is 2.24. The Labute approximate surface area is 79.7 Å². The van der Waals surface area contributed by atoms with Gasteiger partial charge in [-0.1, -0.05) is 6.92 Å². The van der Waals surface area contributed by atoms with Crippen LogP contribution in [0, 0.1) is 0 Å². The molecule has 0 unspecified atom stereocenters. The minimum atomic E-state index is -0.670. The summed E-state index contributed by atoms with van der Waals surface area (Å²) in [5.41, 5.74) is 6.92. The maximum atomic E-state index is 10.2. The average molecular weight is 198 g/mol. The molecule has 0 radical (unpaired) electrons. The van der Waals surface area contributed by atoms with Crippen molar-refractivity contribution < 1.29 is 4.79 Å². The van der Waals surface area contributed by atoms with Gasteiger partial charge in [-0.2, -0.15) is 5.10 Å². The van der Waals surface area contributed by atoms with E-state index in [4.69, 9.17) is 5.73 Å². The molecule has 70 valence electrons. The Kier molecular flexibility index (Phi) is 3.39. The van der Waals surface area contributed by atoms with Gasteiger partial charge in [0, 0.05) is 6.20 Å². The summed E-state index contributed by atoms with van der Waals surface area (Å²) in [4.78, 5) is 15.2. The van der Waals surface area contributed by atoms with E-state index in [9.17, 15) is 4.79 Å². The third-order valence-corrected chi connectivity index (χ3v) is 2.32. The molecule has 0 aliphatic carbocycles. The highest BCUT2D eigenvalue weighted by atomic mass is 32.1. The lowest BCUT2D eigenvalue weighted by molar-refractivity contribution is 0.249. The highest BCUT2D eigenvalue weighted by molar-refractivity contribution is 7.13. The van der Waals surface area contributed by atoms with Crippen molar-refractivity contribution in [2.24, 2.45) is 10.8 Å². The van der Waals surface area contributed by atoms with E-state index >= 15 is 0 Å². The molecule has 0 atom stereocenters. The monoisotopic (exact) mass is 198 g/mol.